The number of halogens is 1. The monoisotopic (exact) mass is 277 g/mol. The fraction of sp³-hybridized carbons (Fsp3) is 0.200. The van der Waals surface area contributed by atoms with Gasteiger partial charge in [0, 0.05) is 17.2 Å². The first-order chi connectivity index (χ1) is 8.45. The summed E-state index contributed by atoms with van der Waals surface area (Å²) in [6, 6.07) is 19.7. The summed E-state index contributed by atoms with van der Waals surface area (Å²) in [5.41, 5.74) is 2.75. The molecular formula is C15H16ClNS. The zero-order valence-corrected chi connectivity index (χ0v) is 11.6. The molecular weight excluding hydrogens is 262 g/mol. The zero-order valence-electron chi connectivity index (χ0n) is 10.0. The summed E-state index contributed by atoms with van der Waals surface area (Å²) in [5, 5.41) is 3.63. The van der Waals surface area contributed by atoms with Crippen molar-refractivity contribution in [1.29, 1.82) is 0 Å². The molecule has 2 aromatic carbocycles. The first kappa shape index (κ1) is 13.5. The second kappa shape index (κ2) is 6.28. The first-order valence-corrected chi connectivity index (χ1v) is 6.94. The second-order valence-corrected chi connectivity index (χ2v) is 5.32. The van der Waals surface area contributed by atoms with Crippen molar-refractivity contribution >= 4 is 24.2 Å². The van der Waals surface area contributed by atoms with Gasteiger partial charge >= 0.3 is 0 Å². The predicted molar refractivity (Wildman–Crippen MR) is 80.7 cm³/mol. The molecule has 0 aliphatic carbocycles. The lowest BCUT2D eigenvalue weighted by atomic mass is 9.99. The molecule has 0 saturated heterocycles. The fourth-order valence-electron chi connectivity index (χ4n) is 2.27. The van der Waals surface area contributed by atoms with E-state index < -0.39 is 0 Å². The fourth-order valence-corrected chi connectivity index (χ4v) is 3.23. The molecule has 1 unspecified atom stereocenters. The Kier molecular flexibility index (Phi) is 4.70. The molecule has 1 aliphatic heterocycles. The van der Waals surface area contributed by atoms with E-state index in [0.717, 1.165) is 12.3 Å². The van der Waals surface area contributed by atoms with E-state index in [1.807, 2.05) is 11.8 Å². The second-order valence-electron chi connectivity index (χ2n) is 4.18. The summed E-state index contributed by atoms with van der Waals surface area (Å²) in [7, 11) is 0. The van der Waals surface area contributed by atoms with E-state index in [1.165, 1.54) is 16.0 Å². The van der Waals surface area contributed by atoms with Crippen LogP contribution in [0.15, 0.2) is 59.5 Å². The van der Waals surface area contributed by atoms with Gasteiger partial charge in [-0.15, -0.1) is 24.2 Å². The summed E-state index contributed by atoms with van der Waals surface area (Å²) >= 11 is 1.95. The van der Waals surface area contributed by atoms with Gasteiger partial charge in [-0.2, -0.15) is 0 Å². The van der Waals surface area contributed by atoms with Crippen LogP contribution < -0.4 is 5.32 Å². The maximum absolute atomic E-state index is 3.63. The average molecular weight is 278 g/mol. The lowest BCUT2D eigenvalue weighted by Crippen LogP contribution is -2.23. The number of hydrogen-bond acceptors (Lipinski definition) is 2. The molecule has 0 bridgehead atoms. The molecule has 1 aliphatic rings. The standard InChI is InChI=1S/C15H15NS.ClH/c1-2-6-12(7-3-1)15-13-8-4-5-9-14(13)17-11-10-16-15;/h1-9,15-16H,10-11H2;1H. The molecule has 0 amide bonds. The third-order valence-corrected chi connectivity index (χ3v) is 4.16. The van der Waals surface area contributed by atoms with Gasteiger partial charge in [0.15, 0.2) is 0 Å². The smallest absolute Gasteiger partial charge is 0.0588 e. The van der Waals surface area contributed by atoms with Gasteiger partial charge < -0.3 is 5.32 Å². The molecule has 0 saturated carbocycles. The van der Waals surface area contributed by atoms with E-state index >= 15 is 0 Å². The van der Waals surface area contributed by atoms with Crippen LogP contribution in [0.25, 0.3) is 0 Å². The normalized spacial score (nSPS) is 18.3. The molecule has 94 valence electrons. The Balaban J connectivity index is 0.00000120. The Morgan fingerprint density at radius 1 is 0.944 bits per heavy atom. The summed E-state index contributed by atoms with van der Waals surface area (Å²) in [6.07, 6.45) is 0. The van der Waals surface area contributed by atoms with Crippen molar-refractivity contribution in [2.45, 2.75) is 10.9 Å². The van der Waals surface area contributed by atoms with Crippen LogP contribution >= 0.6 is 24.2 Å². The Bertz CT molecular complexity index is 501. The lowest BCUT2D eigenvalue weighted by Gasteiger charge is -2.18. The summed E-state index contributed by atoms with van der Waals surface area (Å²) in [5.74, 6) is 1.14. The highest BCUT2D eigenvalue weighted by Crippen LogP contribution is 2.33. The van der Waals surface area contributed by atoms with Gasteiger partial charge in [0.05, 0.1) is 6.04 Å². The Morgan fingerprint density at radius 2 is 1.67 bits per heavy atom. The molecule has 3 rings (SSSR count). The van der Waals surface area contributed by atoms with E-state index in [2.05, 4.69) is 59.9 Å². The maximum Gasteiger partial charge on any atom is 0.0588 e. The van der Waals surface area contributed by atoms with E-state index in [-0.39, 0.29) is 12.4 Å². The molecule has 1 heterocycles. The number of fused-ring (bicyclic) bond motifs is 1. The quantitative estimate of drug-likeness (QED) is 0.849. The average Bonchev–Trinajstić information content (AvgIpc) is 2.62. The van der Waals surface area contributed by atoms with E-state index in [9.17, 15) is 0 Å². The van der Waals surface area contributed by atoms with Crippen LogP contribution in [0.1, 0.15) is 17.2 Å². The van der Waals surface area contributed by atoms with Gasteiger partial charge in [0.1, 0.15) is 0 Å². The van der Waals surface area contributed by atoms with Crippen LogP contribution in [-0.2, 0) is 0 Å². The minimum atomic E-state index is 0. The molecule has 18 heavy (non-hydrogen) atoms. The Labute approximate surface area is 118 Å². The van der Waals surface area contributed by atoms with Crippen molar-refractivity contribution < 1.29 is 0 Å². The van der Waals surface area contributed by atoms with Crippen molar-refractivity contribution in [2.24, 2.45) is 0 Å². The van der Waals surface area contributed by atoms with Gasteiger partial charge in [-0.3, -0.25) is 0 Å². The van der Waals surface area contributed by atoms with Crippen molar-refractivity contribution in [2.75, 3.05) is 12.3 Å². The van der Waals surface area contributed by atoms with Crippen molar-refractivity contribution in [3.8, 4) is 0 Å². The molecule has 1 N–H and O–H groups in total. The van der Waals surface area contributed by atoms with Crippen LogP contribution in [-0.4, -0.2) is 12.3 Å². The number of thioether (sulfide) groups is 1. The molecule has 0 aromatic heterocycles. The van der Waals surface area contributed by atoms with Gasteiger partial charge in [-0.05, 0) is 17.2 Å². The summed E-state index contributed by atoms with van der Waals surface area (Å²) in [4.78, 5) is 1.41. The Morgan fingerprint density at radius 3 is 2.50 bits per heavy atom. The minimum absolute atomic E-state index is 0. The van der Waals surface area contributed by atoms with Crippen LogP contribution in [0, 0.1) is 0 Å². The highest BCUT2D eigenvalue weighted by atomic mass is 35.5. The molecule has 3 heteroatoms. The highest BCUT2D eigenvalue weighted by molar-refractivity contribution is 7.99. The molecule has 0 radical (unpaired) electrons. The first-order valence-electron chi connectivity index (χ1n) is 5.95. The molecule has 1 nitrogen and oxygen atoms in total. The molecule has 0 fully saturated rings. The van der Waals surface area contributed by atoms with Gasteiger partial charge in [0.2, 0.25) is 0 Å². The van der Waals surface area contributed by atoms with E-state index in [1.54, 1.807) is 0 Å². The van der Waals surface area contributed by atoms with Crippen LogP contribution in [0.3, 0.4) is 0 Å². The lowest BCUT2D eigenvalue weighted by molar-refractivity contribution is 0.632. The molecule has 2 aromatic rings. The predicted octanol–water partition coefficient (Wildman–Crippen LogP) is 3.89. The highest BCUT2D eigenvalue weighted by Gasteiger charge is 2.19. The summed E-state index contributed by atoms with van der Waals surface area (Å²) in [6.45, 7) is 1.05. The SMILES string of the molecule is Cl.c1ccc(C2NCCSc3ccccc32)cc1. The minimum Gasteiger partial charge on any atom is -0.305 e. The van der Waals surface area contributed by atoms with Gasteiger partial charge in [-0.1, -0.05) is 48.5 Å². The van der Waals surface area contributed by atoms with Crippen molar-refractivity contribution in [1.82, 2.24) is 5.32 Å². The number of hydrogen-bond donors (Lipinski definition) is 1. The molecule has 1 atom stereocenters. The number of nitrogens with one attached hydrogen (secondary N) is 1. The largest absolute Gasteiger partial charge is 0.305 e. The Hall–Kier alpha value is -0.960. The zero-order chi connectivity index (χ0) is 11.5. The van der Waals surface area contributed by atoms with Crippen molar-refractivity contribution in [3.05, 3.63) is 65.7 Å². The topological polar surface area (TPSA) is 12.0 Å². The van der Waals surface area contributed by atoms with Crippen LogP contribution in [0.5, 0.6) is 0 Å². The number of benzene rings is 2. The van der Waals surface area contributed by atoms with Crippen molar-refractivity contribution in [3.63, 3.8) is 0 Å². The molecule has 0 spiro atoms. The van der Waals surface area contributed by atoms with E-state index in [4.69, 9.17) is 0 Å². The third kappa shape index (κ3) is 2.72. The number of rotatable bonds is 1. The van der Waals surface area contributed by atoms with Crippen LogP contribution in [0.2, 0.25) is 0 Å². The van der Waals surface area contributed by atoms with Crippen LogP contribution in [0.4, 0.5) is 0 Å². The van der Waals surface area contributed by atoms with Gasteiger partial charge in [-0.25, -0.2) is 0 Å². The summed E-state index contributed by atoms with van der Waals surface area (Å²) < 4.78 is 0. The van der Waals surface area contributed by atoms with E-state index in [0.29, 0.717) is 6.04 Å². The third-order valence-electron chi connectivity index (χ3n) is 3.07. The van der Waals surface area contributed by atoms with Gasteiger partial charge in [0.25, 0.3) is 0 Å². The maximum atomic E-state index is 3.63.